The minimum Gasteiger partial charge on any atom is -0.384 e. The van der Waals surface area contributed by atoms with Crippen molar-refractivity contribution in [2.24, 2.45) is 0 Å². The summed E-state index contributed by atoms with van der Waals surface area (Å²) in [6, 6.07) is 6.10. The van der Waals surface area contributed by atoms with Crippen molar-refractivity contribution in [2.75, 3.05) is 26.2 Å². The van der Waals surface area contributed by atoms with Gasteiger partial charge in [-0.1, -0.05) is 12.1 Å². The first-order chi connectivity index (χ1) is 10.9. The molecule has 1 saturated heterocycles. The number of nitrogens with zero attached hydrogens (tertiary/aromatic N) is 2. The molecule has 0 aromatic heterocycles. The number of hydrogen-bond donors (Lipinski definition) is 1. The molecule has 6 heteroatoms. The van der Waals surface area contributed by atoms with Crippen LogP contribution in [0.15, 0.2) is 30.3 Å². The molecule has 2 amide bonds. The third-order valence-corrected chi connectivity index (χ3v) is 3.88. The highest BCUT2D eigenvalue weighted by Gasteiger charge is 2.25. The molecule has 124 valence electrons. The topological polar surface area (TPSA) is 60.9 Å². The molecule has 1 N–H and O–H groups in total. The Labute approximate surface area is 135 Å². The lowest BCUT2D eigenvalue weighted by atomic mass is 10.1. The van der Waals surface area contributed by atoms with E-state index in [2.05, 4.69) is 0 Å². The van der Waals surface area contributed by atoms with Crippen molar-refractivity contribution in [2.45, 2.75) is 20.0 Å². The molecule has 2 rings (SSSR count). The van der Waals surface area contributed by atoms with E-state index >= 15 is 0 Å². The summed E-state index contributed by atoms with van der Waals surface area (Å²) in [6.07, 6.45) is 0.466. The zero-order valence-corrected chi connectivity index (χ0v) is 13.3. The number of hydrogen-bond acceptors (Lipinski definition) is 3. The van der Waals surface area contributed by atoms with Crippen LogP contribution in [0.3, 0.4) is 0 Å². The van der Waals surface area contributed by atoms with Crippen molar-refractivity contribution >= 4 is 17.4 Å². The average Bonchev–Trinajstić information content (AvgIpc) is 2.54. The van der Waals surface area contributed by atoms with Gasteiger partial charge in [0.15, 0.2) is 0 Å². The summed E-state index contributed by atoms with van der Waals surface area (Å²) in [6.45, 7) is 4.85. The first-order valence-electron chi connectivity index (χ1n) is 7.58. The van der Waals surface area contributed by atoms with Gasteiger partial charge in [0.2, 0.25) is 5.91 Å². The van der Waals surface area contributed by atoms with Crippen LogP contribution in [0.25, 0.3) is 5.57 Å². The molecule has 5 nitrogen and oxygen atoms in total. The Bertz CT molecular complexity index is 620. The second kappa shape index (κ2) is 7.37. The maximum absolute atomic E-state index is 13.2. The molecular weight excluding hydrogens is 299 g/mol. The van der Waals surface area contributed by atoms with E-state index in [1.165, 1.54) is 25.1 Å². The van der Waals surface area contributed by atoms with Gasteiger partial charge in [-0.25, -0.2) is 4.39 Å². The quantitative estimate of drug-likeness (QED) is 0.854. The van der Waals surface area contributed by atoms with Crippen LogP contribution < -0.4 is 0 Å². The van der Waals surface area contributed by atoms with E-state index in [1.54, 1.807) is 28.9 Å². The van der Waals surface area contributed by atoms with Crippen LogP contribution in [-0.2, 0) is 9.59 Å². The molecule has 1 unspecified atom stereocenters. The Hall–Kier alpha value is -2.21. The van der Waals surface area contributed by atoms with E-state index in [-0.39, 0.29) is 17.6 Å². The summed E-state index contributed by atoms with van der Waals surface area (Å²) in [4.78, 5) is 27.2. The highest BCUT2D eigenvalue weighted by Crippen LogP contribution is 2.15. The molecule has 1 atom stereocenters. The van der Waals surface area contributed by atoms with Gasteiger partial charge in [-0.3, -0.25) is 9.59 Å². The number of rotatable bonds is 3. The lowest BCUT2D eigenvalue weighted by Crippen LogP contribution is -2.52. The number of amides is 2. The van der Waals surface area contributed by atoms with E-state index in [9.17, 15) is 19.1 Å². The molecule has 0 saturated carbocycles. The summed E-state index contributed by atoms with van der Waals surface area (Å²) in [5, 5.41) is 9.30. The summed E-state index contributed by atoms with van der Waals surface area (Å²) in [7, 11) is 0. The monoisotopic (exact) mass is 320 g/mol. The molecule has 0 bridgehead atoms. The molecule has 1 aliphatic rings. The fourth-order valence-corrected chi connectivity index (χ4v) is 2.51. The van der Waals surface area contributed by atoms with Gasteiger partial charge in [0.1, 0.15) is 11.9 Å². The van der Waals surface area contributed by atoms with Crippen LogP contribution in [-0.4, -0.2) is 59.0 Å². The fraction of sp³-hybridized carbons (Fsp3) is 0.412. The first kappa shape index (κ1) is 17.1. The van der Waals surface area contributed by atoms with Crippen LogP contribution in [0.4, 0.5) is 4.39 Å². The van der Waals surface area contributed by atoms with Crippen LogP contribution in [0.5, 0.6) is 0 Å². The Kier molecular flexibility index (Phi) is 5.50. The second-order valence-corrected chi connectivity index (χ2v) is 5.66. The Balaban J connectivity index is 1.97. The van der Waals surface area contributed by atoms with Crippen LogP contribution in [0, 0.1) is 5.82 Å². The number of piperazine rings is 1. The maximum atomic E-state index is 13.2. The van der Waals surface area contributed by atoms with Crippen molar-refractivity contribution in [3.05, 3.63) is 41.7 Å². The average molecular weight is 320 g/mol. The van der Waals surface area contributed by atoms with Crippen molar-refractivity contribution < 1.29 is 19.1 Å². The van der Waals surface area contributed by atoms with Gasteiger partial charge in [-0.15, -0.1) is 0 Å². The molecule has 1 fully saturated rings. The third kappa shape index (κ3) is 4.39. The number of halogens is 1. The molecule has 0 aliphatic carbocycles. The van der Waals surface area contributed by atoms with Gasteiger partial charge < -0.3 is 14.9 Å². The van der Waals surface area contributed by atoms with Gasteiger partial charge in [-0.2, -0.15) is 0 Å². The number of carbonyl (C=O) groups is 2. The normalized spacial score (nSPS) is 17.1. The van der Waals surface area contributed by atoms with E-state index in [0.29, 0.717) is 37.3 Å². The highest BCUT2D eigenvalue weighted by atomic mass is 19.1. The molecule has 1 heterocycles. The van der Waals surface area contributed by atoms with E-state index in [4.69, 9.17) is 0 Å². The lowest BCUT2D eigenvalue weighted by molar-refractivity contribution is -0.143. The van der Waals surface area contributed by atoms with E-state index < -0.39 is 6.10 Å². The van der Waals surface area contributed by atoms with Crippen molar-refractivity contribution in [1.29, 1.82) is 0 Å². The summed E-state index contributed by atoms with van der Waals surface area (Å²) in [5.74, 6) is -0.813. The van der Waals surface area contributed by atoms with Crippen molar-refractivity contribution in [3.63, 3.8) is 0 Å². The lowest BCUT2D eigenvalue weighted by Gasteiger charge is -2.34. The smallest absolute Gasteiger partial charge is 0.251 e. The molecule has 1 aliphatic heterocycles. The van der Waals surface area contributed by atoms with Crippen LogP contribution in [0.1, 0.15) is 19.4 Å². The molecule has 23 heavy (non-hydrogen) atoms. The summed E-state index contributed by atoms with van der Waals surface area (Å²) in [5.41, 5.74) is 1.36. The third-order valence-electron chi connectivity index (χ3n) is 3.88. The van der Waals surface area contributed by atoms with Crippen molar-refractivity contribution in [1.82, 2.24) is 9.80 Å². The standard InChI is InChI=1S/C17H21FN2O3/c1-12(14-4-3-5-15(18)11-14)10-16(22)19-6-8-20(9-7-19)17(23)13(2)21/h3-5,10-11,13,21H,6-9H2,1-2H3/b12-10-. The minimum atomic E-state index is -1.02. The Morgan fingerprint density at radius 2 is 1.83 bits per heavy atom. The Morgan fingerprint density at radius 3 is 2.39 bits per heavy atom. The molecule has 1 aromatic rings. The van der Waals surface area contributed by atoms with Gasteiger partial charge in [0.05, 0.1) is 0 Å². The number of allylic oxidation sites excluding steroid dienone is 1. The van der Waals surface area contributed by atoms with Gasteiger partial charge in [-0.05, 0) is 37.1 Å². The van der Waals surface area contributed by atoms with Crippen LogP contribution >= 0.6 is 0 Å². The summed E-state index contributed by atoms with van der Waals surface area (Å²) >= 11 is 0. The zero-order chi connectivity index (χ0) is 17.0. The Morgan fingerprint density at radius 1 is 1.22 bits per heavy atom. The molecule has 0 radical (unpaired) electrons. The van der Waals surface area contributed by atoms with Crippen molar-refractivity contribution in [3.8, 4) is 0 Å². The van der Waals surface area contributed by atoms with Crippen LogP contribution in [0.2, 0.25) is 0 Å². The predicted molar refractivity (Wildman–Crippen MR) is 84.9 cm³/mol. The minimum absolute atomic E-state index is 0.157. The predicted octanol–water partition coefficient (Wildman–Crippen LogP) is 1.28. The first-order valence-corrected chi connectivity index (χ1v) is 7.58. The highest BCUT2D eigenvalue weighted by molar-refractivity contribution is 5.95. The van der Waals surface area contributed by atoms with Gasteiger partial charge >= 0.3 is 0 Å². The largest absolute Gasteiger partial charge is 0.384 e. The molecule has 1 aromatic carbocycles. The van der Waals surface area contributed by atoms with Gasteiger partial charge in [0, 0.05) is 32.3 Å². The van der Waals surface area contributed by atoms with E-state index in [0.717, 1.165) is 0 Å². The molecule has 0 spiro atoms. The number of benzene rings is 1. The SMILES string of the molecule is C/C(=C/C(=O)N1CCN(C(=O)C(C)O)CC1)c1cccc(F)c1. The zero-order valence-electron chi connectivity index (χ0n) is 13.3. The van der Waals surface area contributed by atoms with Gasteiger partial charge in [0.25, 0.3) is 5.91 Å². The fourth-order valence-electron chi connectivity index (χ4n) is 2.51. The molecular formula is C17H21FN2O3. The number of aliphatic hydroxyl groups is 1. The second-order valence-electron chi connectivity index (χ2n) is 5.66. The van der Waals surface area contributed by atoms with E-state index in [1.807, 2.05) is 0 Å². The summed E-state index contributed by atoms with van der Waals surface area (Å²) < 4.78 is 13.2. The maximum Gasteiger partial charge on any atom is 0.251 e. The number of carbonyl (C=O) groups excluding carboxylic acids is 2. The number of aliphatic hydroxyl groups excluding tert-OH is 1.